The highest BCUT2D eigenvalue weighted by molar-refractivity contribution is 4.60. The second-order valence-corrected chi connectivity index (χ2v) is 1.90. The molecule has 1 radical (unpaired) electrons. The van der Waals surface area contributed by atoms with E-state index in [9.17, 15) is 0 Å². The molecule has 0 amide bonds. The molecule has 8 heavy (non-hydrogen) atoms. The number of nitrogens with one attached hydrogen (secondary N) is 1. The molecule has 1 aliphatic rings. The third kappa shape index (κ3) is 1.18. The Morgan fingerprint density at radius 2 is 2.00 bits per heavy atom. The summed E-state index contributed by atoms with van der Waals surface area (Å²) in [6.07, 6.45) is -0.269. The Balaban J connectivity index is 2.24. The van der Waals surface area contributed by atoms with Crippen LogP contribution >= 0.6 is 0 Å². The Morgan fingerprint density at radius 1 is 1.50 bits per heavy atom. The van der Waals surface area contributed by atoms with Gasteiger partial charge in [0.25, 0.3) is 0 Å². The van der Waals surface area contributed by atoms with E-state index in [2.05, 4.69) is 0 Å². The summed E-state index contributed by atoms with van der Waals surface area (Å²) in [6.45, 7) is 3.05. The molecule has 0 bridgehead atoms. The standard InChI is InChI=1S/C5H10NO2/c1-4(6)5-7-2-3-8-5/h4-6H,2-3H2,1H3. The summed E-state index contributed by atoms with van der Waals surface area (Å²) in [5, 5.41) is 0. The van der Waals surface area contributed by atoms with Crippen LogP contribution in [0, 0.1) is 0 Å². The lowest BCUT2D eigenvalue weighted by Gasteiger charge is -2.10. The minimum Gasteiger partial charge on any atom is -0.349 e. The maximum absolute atomic E-state index is 7.12. The van der Waals surface area contributed by atoms with Crippen LogP contribution in [0.2, 0.25) is 0 Å². The van der Waals surface area contributed by atoms with Gasteiger partial charge < -0.3 is 9.47 Å². The highest BCUT2D eigenvalue weighted by Crippen LogP contribution is 2.06. The first-order valence-electron chi connectivity index (χ1n) is 2.75. The fraction of sp³-hybridized carbons (Fsp3) is 1.00. The van der Waals surface area contributed by atoms with E-state index in [0.717, 1.165) is 0 Å². The molecule has 0 aromatic carbocycles. The predicted octanol–water partition coefficient (Wildman–Crippen LogP) is 0.0307. The Morgan fingerprint density at radius 3 is 2.25 bits per heavy atom. The topological polar surface area (TPSA) is 42.3 Å². The quantitative estimate of drug-likeness (QED) is 0.485. The first-order valence-corrected chi connectivity index (χ1v) is 2.75. The lowest BCUT2D eigenvalue weighted by Crippen LogP contribution is -2.24. The molecule has 1 saturated heterocycles. The van der Waals surface area contributed by atoms with Crippen LogP contribution in [-0.2, 0) is 9.47 Å². The Kier molecular flexibility index (Phi) is 1.83. The zero-order valence-electron chi connectivity index (χ0n) is 4.89. The highest BCUT2D eigenvalue weighted by Gasteiger charge is 2.19. The fourth-order valence-corrected chi connectivity index (χ4v) is 0.665. The lowest BCUT2D eigenvalue weighted by atomic mass is 10.4. The summed E-state index contributed by atoms with van der Waals surface area (Å²) in [7, 11) is 0. The third-order valence-electron chi connectivity index (χ3n) is 1.06. The molecule has 0 aliphatic carbocycles. The molecule has 0 aromatic rings. The van der Waals surface area contributed by atoms with Gasteiger partial charge in [0.15, 0.2) is 6.29 Å². The van der Waals surface area contributed by atoms with Gasteiger partial charge >= 0.3 is 0 Å². The summed E-state index contributed by atoms with van der Waals surface area (Å²) in [5.74, 6) is 0. The zero-order valence-corrected chi connectivity index (χ0v) is 4.89. The molecule has 1 atom stereocenters. The van der Waals surface area contributed by atoms with Crippen molar-refractivity contribution in [2.45, 2.75) is 19.3 Å². The van der Waals surface area contributed by atoms with Gasteiger partial charge in [-0.15, -0.1) is 0 Å². The van der Waals surface area contributed by atoms with E-state index in [0.29, 0.717) is 13.2 Å². The van der Waals surface area contributed by atoms with Crippen LogP contribution in [0.3, 0.4) is 0 Å². The highest BCUT2D eigenvalue weighted by atomic mass is 16.7. The summed E-state index contributed by atoms with van der Waals surface area (Å²) in [5.41, 5.74) is 7.12. The van der Waals surface area contributed by atoms with Crippen molar-refractivity contribution in [1.29, 1.82) is 0 Å². The largest absolute Gasteiger partial charge is 0.349 e. The molecule has 0 aromatic heterocycles. The van der Waals surface area contributed by atoms with Crippen LogP contribution in [0.4, 0.5) is 0 Å². The van der Waals surface area contributed by atoms with Crippen LogP contribution in [-0.4, -0.2) is 25.5 Å². The van der Waals surface area contributed by atoms with Gasteiger partial charge in [0, 0.05) is 0 Å². The van der Waals surface area contributed by atoms with Crippen LogP contribution < -0.4 is 5.73 Å². The van der Waals surface area contributed by atoms with Gasteiger partial charge in [0.2, 0.25) is 0 Å². The first-order chi connectivity index (χ1) is 3.80. The lowest BCUT2D eigenvalue weighted by molar-refractivity contribution is -0.0564. The molecule has 3 nitrogen and oxygen atoms in total. The molecule has 0 spiro atoms. The Hall–Kier alpha value is -0.120. The monoisotopic (exact) mass is 116 g/mol. The molecule has 47 valence electrons. The van der Waals surface area contributed by atoms with Crippen LogP contribution in [0.1, 0.15) is 6.92 Å². The van der Waals surface area contributed by atoms with Crippen LogP contribution in [0.15, 0.2) is 0 Å². The normalized spacial score (nSPS) is 26.2. The second kappa shape index (κ2) is 2.44. The summed E-state index contributed by atoms with van der Waals surface area (Å²) < 4.78 is 10.0. The number of rotatable bonds is 1. The maximum atomic E-state index is 7.12. The van der Waals surface area contributed by atoms with Crippen molar-refractivity contribution in [2.75, 3.05) is 13.2 Å². The van der Waals surface area contributed by atoms with E-state index in [1.54, 1.807) is 6.92 Å². The van der Waals surface area contributed by atoms with Gasteiger partial charge in [-0.1, -0.05) is 0 Å². The van der Waals surface area contributed by atoms with Gasteiger partial charge in [-0.05, 0) is 6.92 Å². The van der Waals surface area contributed by atoms with Gasteiger partial charge in [0.1, 0.15) is 0 Å². The van der Waals surface area contributed by atoms with Crippen molar-refractivity contribution >= 4 is 0 Å². The average molecular weight is 116 g/mol. The van der Waals surface area contributed by atoms with Crippen LogP contribution in [0.25, 0.3) is 0 Å². The smallest absolute Gasteiger partial charge is 0.173 e. The maximum Gasteiger partial charge on any atom is 0.173 e. The third-order valence-corrected chi connectivity index (χ3v) is 1.06. The second-order valence-electron chi connectivity index (χ2n) is 1.90. The number of ether oxygens (including phenoxy) is 2. The molecule has 1 aliphatic heterocycles. The van der Waals surface area contributed by atoms with Crippen molar-refractivity contribution in [3.8, 4) is 0 Å². The van der Waals surface area contributed by atoms with Crippen molar-refractivity contribution < 1.29 is 9.47 Å². The van der Waals surface area contributed by atoms with E-state index < -0.39 is 0 Å². The zero-order chi connectivity index (χ0) is 5.98. The molecule has 1 fully saturated rings. The molecule has 1 heterocycles. The van der Waals surface area contributed by atoms with E-state index in [1.165, 1.54) is 0 Å². The van der Waals surface area contributed by atoms with Gasteiger partial charge in [0.05, 0.1) is 19.3 Å². The minimum absolute atomic E-state index is 0.252. The van der Waals surface area contributed by atoms with Gasteiger partial charge in [-0.3, -0.25) is 0 Å². The predicted molar refractivity (Wildman–Crippen MR) is 28.3 cm³/mol. The van der Waals surface area contributed by atoms with E-state index in [-0.39, 0.29) is 12.3 Å². The van der Waals surface area contributed by atoms with E-state index in [1.807, 2.05) is 0 Å². The van der Waals surface area contributed by atoms with Crippen molar-refractivity contribution in [1.82, 2.24) is 5.73 Å². The van der Waals surface area contributed by atoms with Gasteiger partial charge in [-0.2, -0.15) is 0 Å². The summed E-state index contributed by atoms with van der Waals surface area (Å²) in [4.78, 5) is 0. The van der Waals surface area contributed by atoms with Crippen LogP contribution in [0.5, 0.6) is 0 Å². The van der Waals surface area contributed by atoms with Crippen molar-refractivity contribution in [2.24, 2.45) is 0 Å². The molecule has 1 unspecified atom stereocenters. The Bertz CT molecular complexity index is 68.8. The molecular formula is C5H10NO2. The summed E-state index contributed by atoms with van der Waals surface area (Å²) in [6, 6.07) is -0.252. The molecule has 0 saturated carbocycles. The van der Waals surface area contributed by atoms with E-state index in [4.69, 9.17) is 15.2 Å². The molecule has 1 N–H and O–H groups in total. The number of hydrogen-bond donors (Lipinski definition) is 0. The molecule has 3 heteroatoms. The minimum atomic E-state index is -0.269. The van der Waals surface area contributed by atoms with Crippen molar-refractivity contribution in [3.63, 3.8) is 0 Å². The SMILES string of the molecule is CC([NH])C1OCCO1. The molecular weight excluding hydrogens is 106 g/mol. The number of hydrogen-bond acceptors (Lipinski definition) is 2. The molecule has 1 rings (SSSR count). The van der Waals surface area contributed by atoms with Crippen molar-refractivity contribution in [3.05, 3.63) is 0 Å². The fourth-order valence-electron chi connectivity index (χ4n) is 0.665. The van der Waals surface area contributed by atoms with Gasteiger partial charge in [-0.25, -0.2) is 5.73 Å². The average Bonchev–Trinajstić information content (AvgIpc) is 2.12. The van der Waals surface area contributed by atoms with E-state index >= 15 is 0 Å². The Labute approximate surface area is 48.8 Å². The first kappa shape index (κ1) is 6.01. The summed E-state index contributed by atoms with van der Waals surface area (Å²) >= 11 is 0.